The smallest absolute Gasteiger partial charge is 0.0931 e. The number of halogens is 1. The molecule has 2 rings (SSSR count). The third-order valence-electron chi connectivity index (χ3n) is 3.50. The van der Waals surface area contributed by atoms with Gasteiger partial charge in [0.1, 0.15) is 0 Å². The highest BCUT2D eigenvalue weighted by molar-refractivity contribution is 7.16. The molecule has 2 aromatic rings. The van der Waals surface area contributed by atoms with Crippen molar-refractivity contribution in [2.45, 2.75) is 32.3 Å². The summed E-state index contributed by atoms with van der Waals surface area (Å²) in [4.78, 5) is 1.27. The molecule has 0 amide bonds. The van der Waals surface area contributed by atoms with Gasteiger partial charge in [0, 0.05) is 18.0 Å². The predicted molar refractivity (Wildman–Crippen MR) is 91.4 cm³/mol. The Morgan fingerprint density at radius 3 is 2.33 bits per heavy atom. The van der Waals surface area contributed by atoms with Crippen LogP contribution in [-0.2, 0) is 6.42 Å². The van der Waals surface area contributed by atoms with Crippen molar-refractivity contribution in [3.8, 4) is 0 Å². The summed E-state index contributed by atoms with van der Waals surface area (Å²) in [6, 6.07) is 12.2. The minimum Gasteiger partial charge on any atom is -0.387 e. The van der Waals surface area contributed by atoms with Gasteiger partial charge in [0.05, 0.1) is 10.4 Å². The van der Waals surface area contributed by atoms with Crippen molar-refractivity contribution in [1.82, 2.24) is 5.32 Å². The maximum absolute atomic E-state index is 10.2. The summed E-state index contributed by atoms with van der Waals surface area (Å²) in [5, 5.41) is 13.5. The second-order valence-corrected chi connectivity index (χ2v) is 7.30. The highest BCUT2D eigenvalue weighted by Crippen LogP contribution is 2.21. The highest BCUT2D eigenvalue weighted by Gasteiger charge is 2.08. The van der Waals surface area contributed by atoms with E-state index in [4.69, 9.17) is 11.6 Å². The highest BCUT2D eigenvalue weighted by atomic mass is 35.5. The van der Waals surface area contributed by atoms with Gasteiger partial charge in [0.25, 0.3) is 0 Å². The van der Waals surface area contributed by atoms with Crippen LogP contribution >= 0.6 is 22.9 Å². The first-order chi connectivity index (χ1) is 10.1. The second-order valence-electron chi connectivity index (χ2n) is 5.50. The molecule has 0 aliphatic heterocycles. The van der Waals surface area contributed by atoms with Crippen molar-refractivity contribution in [2.24, 2.45) is 0 Å². The van der Waals surface area contributed by atoms with Gasteiger partial charge < -0.3 is 10.4 Å². The Kier molecular flexibility index (Phi) is 6.24. The zero-order valence-electron chi connectivity index (χ0n) is 12.5. The van der Waals surface area contributed by atoms with E-state index in [0.29, 0.717) is 12.5 Å². The molecule has 1 aromatic carbocycles. The molecule has 0 spiro atoms. The van der Waals surface area contributed by atoms with E-state index in [1.807, 2.05) is 18.2 Å². The zero-order valence-corrected chi connectivity index (χ0v) is 14.0. The average molecular weight is 324 g/mol. The number of aliphatic hydroxyl groups is 1. The predicted octanol–water partition coefficient (Wildman–Crippen LogP) is 4.39. The first kappa shape index (κ1) is 16.5. The van der Waals surface area contributed by atoms with Crippen LogP contribution in [0, 0.1) is 0 Å². The van der Waals surface area contributed by atoms with Gasteiger partial charge in [-0.05, 0) is 35.6 Å². The summed E-state index contributed by atoms with van der Waals surface area (Å²) in [5.74, 6) is 0.520. The Morgan fingerprint density at radius 2 is 1.76 bits per heavy atom. The number of thiophene rings is 1. The van der Waals surface area contributed by atoms with Crippen molar-refractivity contribution < 1.29 is 5.11 Å². The summed E-state index contributed by atoms with van der Waals surface area (Å²) in [6.07, 6.45) is 0.481. The lowest BCUT2D eigenvalue weighted by atomic mass is 10.00. The lowest BCUT2D eigenvalue weighted by molar-refractivity contribution is 0.175. The van der Waals surface area contributed by atoms with E-state index in [9.17, 15) is 5.11 Å². The molecule has 4 heteroatoms. The molecule has 0 bridgehead atoms. The molecule has 0 aliphatic carbocycles. The molecule has 2 N–H and O–H groups in total. The first-order valence-corrected chi connectivity index (χ1v) is 8.48. The first-order valence-electron chi connectivity index (χ1n) is 7.29. The molecule has 1 heterocycles. The molecular formula is C17H22ClNOS. The van der Waals surface area contributed by atoms with Crippen molar-refractivity contribution in [3.63, 3.8) is 0 Å². The third kappa shape index (κ3) is 5.11. The fraction of sp³-hybridized carbons (Fsp3) is 0.412. The number of hydrogen-bond acceptors (Lipinski definition) is 3. The van der Waals surface area contributed by atoms with Gasteiger partial charge >= 0.3 is 0 Å². The molecule has 0 aliphatic rings. The van der Waals surface area contributed by atoms with Crippen LogP contribution < -0.4 is 5.32 Å². The summed E-state index contributed by atoms with van der Waals surface area (Å²) < 4.78 is 0.829. The van der Waals surface area contributed by atoms with Gasteiger partial charge in [0.2, 0.25) is 0 Å². The number of benzene rings is 1. The Labute approximate surface area is 135 Å². The largest absolute Gasteiger partial charge is 0.387 e. The third-order valence-corrected chi connectivity index (χ3v) is 4.79. The van der Waals surface area contributed by atoms with Crippen molar-refractivity contribution >= 4 is 22.9 Å². The monoisotopic (exact) mass is 323 g/mol. The molecule has 0 fully saturated rings. The number of nitrogens with one attached hydrogen (secondary N) is 1. The molecule has 2 nitrogen and oxygen atoms in total. The van der Waals surface area contributed by atoms with E-state index in [1.54, 1.807) is 11.3 Å². The quantitative estimate of drug-likeness (QED) is 0.741. The van der Waals surface area contributed by atoms with Crippen molar-refractivity contribution in [3.05, 3.63) is 56.7 Å². The molecule has 1 atom stereocenters. The summed E-state index contributed by atoms with van der Waals surface area (Å²) in [6.45, 7) is 5.76. The second kappa shape index (κ2) is 7.95. The van der Waals surface area contributed by atoms with E-state index >= 15 is 0 Å². The van der Waals surface area contributed by atoms with Gasteiger partial charge in [-0.1, -0.05) is 49.7 Å². The molecule has 21 heavy (non-hydrogen) atoms. The molecule has 114 valence electrons. The summed E-state index contributed by atoms with van der Waals surface area (Å²) >= 11 is 7.51. The normalized spacial score (nSPS) is 12.8. The van der Waals surface area contributed by atoms with Gasteiger partial charge in [-0.3, -0.25) is 0 Å². The molecule has 1 unspecified atom stereocenters. The summed E-state index contributed by atoms with van der Waals surface area (Å²) in [5.41, 5.74) is 2.26. The summed E-state index contributed by atoms with van der Waals surface area (Å²) in [7, 11) is 0. The fourth-order valence-electron chi connectivity index (χ4n) is 2.16. The molecule has 0 saturated carbocycles. The van der Waals surface area contributed by atoms with Crippen LogP contribution in [0.25, 0.3) is 0 Å². The van der Waals surface area contributed by atoms with Crippen LogP contribution in [-0.4, -0.2) is 18.2 Å². The molecule has 0 radical (unpaired) electrons. The minimum atomic E-state index is -0.460. The minimum absolute atomic E-state index is 0.460. The lowest BCUT2D eigenvalue weighted by Crippen LogP contribution is -2.23. The van der Waals surface area contributed by atoms with E-state index in [-0.39, 0.29) is 0 Å². The zero-order chi connectivity index (χ0) is 15.2. The Bertz CT molecular complexity index is 550. The standard InChI is InChI=1S/C17H22ClNOS/c1-12(2)13-3-5-14(6-4-13)16(20)11-19-10-9-15-7-8-17(18)21-15/h3-8,12,16,19-20H,9-11H2,1-2H3. The Morgan fingerprint density at radius 1 is 1.10 bits per heavy atom. The SMILES string of the molecule is CC(C)c1ccc(C(O)CNCCc2ccc(Cl)s2)cc1. The Balaban J connectivity index is 1.75. The van der Waals surface area contributed by atoms with Gasteiger partial charge in [-0.2, -0.15) is 0 Å². The van der Waals surface area contributed by atoms with Crippen LogP contribution in [0.1, 0.15) is 41.9 Å². The van der Waals surface area contributed by atoms with E-state index in [0.717, 1.165) is 22.9 Å². The van der Waals surface area contributed by atoms with E-state index in [2.05, 4.69) is 37.4 Å². The van der Waals surface area contributed by atoms with E-state index < -0.39 is 6.10 Å². The topological polar surface area (TPSA) is 32.3 Å². The van der Waals surface area contributed by atoms with Crippen molar-refractivity contribution in [1.29, 1.82) is 0 Å². The van der Waals surface area contributed by atoms with Crippen LogP contribution in [0.4, 0.5) is 0 Å². The average Bonchev–Trinajstić information content (AvgIpc) is 2.89. The van der Waals surface area contributed by atoms with E-state index in [1.165, 1.54) is 10.4 Å². The molecular weight excluding hydrogens is 302 g/mol. The number of aliphatic hydroxyl groups excluding tert-OH is 1. The Hall–Kier alpha value is -0.870. The fourth-order valence-corrected chi connectivity index (χ4v) is 3.24. The van der Waals surface area contributed by atoms with Gasteiger partial charge in [-0.15, -0.1) is 11.3 Å². The van der Waals surface area contributed by atoms with Gasteiger partial charge in [0.15, 0.2) is 0 Å². The van der Waals surface area contributed by atoms with Crippen LogP contribution in [0.2, 0.25) is 4.34 Å². The maximum atomic E-state index is 10.2. The van der Waals surface area contributed by atoms with Crippen LogP contribution in [0.5, 0.6) is 0 Å². The number of hydrogen-bond donors (Lipinski definition) is 2. The van der Waals surface area contributed by atoms with Crippen LogP contribution in [0.3, 0.4) is 0 Å². The van der Waals surface area contributed by atoms with Gasteiger partial charge in [-0.25, -0.2) is 0 Å². The van der Waals surface area contributed by atoms with Crippen molar-refractivity contribution in [2.75, 3.05) is 13.1 Å². The number of rotatable bonds is 7. The molecule has 0 saturated heterocycles. The molecule has 1 aromatic heterocycles. The van der Waals surface area contributed by atoms with Crippen LogP contribution in [0.15, 0.2) is 36.4 Å². The lowest BCUT2D eigenvalue weighted by Gasteiger charge is -2.13. The maximum Gasteiger partial charge on any atom is 0.0931 e.